The van der Waals surface area contributed by atoms with Crippen LogP contribution >= 0.6 is 12.2 Å². The standard InChI is InChI=1S/C21H27N3OS/c1-16-10-17(2)12-19(11-16)23-21(26)22-13-20-15-24(8-9-25-20)14-18-6-4-3-5-7-18/h3-7,10-12,20H,8-9,13-15H2,1-2H3,(H2,22,23,26)/p+1/t20-/m0/s1. The second-order valence-corrected chi connectivity index (χ2v) is 7.48. The second-order valence-electron chi connectivity index (χ2n) is 7.07. The topological polar surface area (TPSA) is 37.7 Å². The van der Waals surface area contributed by atoms with Gasteiger partial charge in [0.2, 0.25) is 0 Å². The fourth-order valence-corrected chi connectivity index (χ4v) is 3.66. The maximum absolute atomic E-state index is 5.91. The Bertz CT molecular complexity index is 715. The zero-order chi connectivity index (χ0) is 18.4. The summed E-state index contributed by atoms with van der Waals surface area (Å²) in [4.78, 5) is 1.56. The minimum atomic E-state index is 0.182. The van der Waals surface area contributed by atoms with Crippen LogP contribution in [0.3, 0.4) is 0 Å². The number of hydrogen-bond acceptors (Lipinski definition) is 2. The molecule has 1 unspecified atom stereocenters. The molecular weight excluding hydrogens is 342 g/mol. The Labute approximate surface area is 161 Å². The maximum atomic E-state index is 5.91. The summed E-state index contributed by atoms with van der Waals surface area (Å²) in [5.41, 5.74) is 4.86. The Morgan fingerprint density at radius 2 is 1.88 bits per heavy atom. The van der Waals surface area contributed by atoms with Crippen molar-refractivity contribution >= 4 is 23.0 Å². The third-order valence-electron chi connectivity index (χ3n) is 4.59. The maximum Gasteiger partial charge on any atom is 0.170 e. The lowest BCUT2D eigenvalue weighted by Crippen LogP contribution is -3.13. The van der Waals surface area contributed by atoms with Crippen LogP contribution in [-0.2, 0) is 11.3 Å². The van der Waals surface area contributed by atoms with E-state index in [1.54, 1.807) is 4.90 Å². The van der Waals surface area contributed by atoms with Crippen molar-refractivity contribution in [1.29, 1.82) is 0 Å². The molecule has 2 aromatic rings. The summed E-state index contributed by atoms with van der Waals surface area (Å²) >= 11 is 5.44. The third-order valence-corrected chi connectivity index (χ3v) is 4.84. The van der Waals surface area contributed by atoms with E-state index in [0.717, 1.165) is 38.5 Å². The van der Waals surface area contributed by atoms with E-state index in [1.807, 2.05) is 0 Å². The molecule has 0 saturated carbocycles. The molecule has 0 aromatic heterocycles. The van der Waals surface area contributed by atoms with Crippen LogP contribution in [0, 0.1) is 13.8 Å². The number of ether oxygens (including phenoxy) is 1. The highest BCUT2D eigenvalue weighted by atomic mass is 32.1. The fraction of sp³-hybridized carbons (Fsp3) is 0.381. The van der Waals surface area contributed by atoms with Gasteiger partial charge in [0, 0.05) is 17.8 Å². The fourth-order valence-electron chi connectivity index (χ4n) is 3.46. The van der Waals surface area contributed by atoms with Crippen molar-refractivity contribution in [1.82, 2.24) is 5.32 Å². The molecule has 2 aromatic carbocycles. The van der Waals surface area contributed by atoms with Crippen molar-refractivity contribution in [3.63, 3.8) is 0 Å². The average Bonchev–Trinajstić information content (AvgIpc) is 2.60. The molecule has 1 fully saturated rings. The molecule has 0 amide bonds. The Hall–Kier alpha value is -1.95. The van der Waals surface area contributed by atoms with E-state index in [-0.39, 0.29) is 6.10 Å². The van der Waals surface area contributed by atoms with Crippen LogP contribution in [-0.4, -0.2) is 37.5 Å². The third kappa shape index (κ3) is 5.80. The van der Waals surface area contributed by atoms with Crippen molar-refractivity contribution in [3.05, 3.63) is 65.2 Å². The molecule has 5 heteroatoms. The zero-order valence-corrected chi connectivity index (χ0v) is 16.4. The summed E-state index contributed by atoms with van der Waals surface area (Å²) in [6.07, 6.45) is 0.182. The lowest BCUT2D eigenvalue weighted by atomic mass is 10.1. The highest BCUT2D eigenvalue weighted by Gasteiger charge is 2.23. The minimum Gasteiger partial charge on any atom is -0.365 e. The van der Waals surface area contributed by atoms with Gasteiger partial charge in [0.15, 0.2) is 5.11 Å². The zero-order valence-electron chi connectivity index (χ0n) is 15.5. The van der Waals surface area contributed by atoms with Gasteiger partial charge in [-0.3, -0.25) is 0 Å². The molecule has 4 nitrogen and oxygen atoms in total. The number of benzene rings is 2. The molecule has 138 valence electrons. The lowest BCUT2D eigenvalue weighted by molar-refractivity contribution is -0.925. The van der Waals surface area contributed by atoms with Crippen LogP contribution in [0.5, 0.6) is 0 Å². The van der Waals surface area contributed by atoms with Gasteiger partial charge in [-0.1, -0.05) is 36.4 Å². The van der Waals surface area contributed by atoms with E-state index >= 15 is 0 Å². The van der Waals surface area contributed by atoms with E-state index < -0.39 is 0 Å². The highest BCUT2D eigenvalue weighted by Crippen LogP contribution is 2.13. The summed E-state index contributed by atoms with van der Waals surface area (Å²) < 4.78 is 5.91. The molecule has 0 bridgehead atoms. The first-order valence-electron chi connectivity index (χ1n) is 9.21. The van der Waals surface area contributed by atoms with Gasteiger partial charge >= 0.3 is 0 Å². The van der Waals surface area contributed by atoms with Crippen LogP contribution in [0.4, 0.5) is 5.69 Å². The first-order valence-corrected chi connectivity index (χ1v) is 9.61. The highest BCUT2D eigenvalue weighted by molar-refractivity contribution is 7.80. The van der Waals surface area contributed by atoms with E-state index in [0.29, 0.717) is 5.11 Å². The first kappa shape index (κ1) is 18.8. The van der Waals surface area contributed by atoms with Gasteiger partial charge in [-0.05, 0) is 49.3 Å². The molecule has 1 saturated heterocycles. The quantitative estimate of drug-likeness (QED) is 0.705. The van der Waals surface area contributed by atoms with E-state index in [9.17, 15) is 0 Å². The normalized spacial score (nSPS) is 19.8. The van der Waals surface area contributed by atoms with Crippen molar-refractivity contribution in [3.8, 4) is 0 Å². The van der Waals surface area contributed by atoms with Crippen LogP contribution in [0.25, 0.3) is 0 Å². The molecule has 3 N–H and O–H groups in total. The van der Waals surface area contributed by atoms with Crippen LogP contribution in [0.2, 0.25) is 0 Å². The monoisotopic (exact) mass is 370 g/mol. The number of nitrogens with one attached hydrogen (secondary N) is 3. The Morgan fingerprint density at radius 1 is 1.15 bits per heavy atom. The number of rotatable bonds is 5. The van der Waals surface area contributed by atoms with E-state index in [2.05, 4.69) is 73.0 Å². The minimum absolute atomic E-state index is 0.182. The summed E-state index contributed by atoms with van der Waals surface area (Å²) in [5, 5.41) is 7.23. The first-order chi connectivity index (χ1) is 12.6. The molecule has 1 heterocycles. The molecule has 1 aliphatic heterocycles. The number of aryl methyl sites for hydroxylation is 2. The second kappa shape index (κ2) is 9.12. The average molecular weight is 371 g/mol. The van der Waals surface area contributed by atoms with E-state index in [1.165, 1.54) is 16.7 Å². The molecule has 0 spiro atoms. The number of thiocarbonyl (C=S) groups is 1. The smallest absolute Gasteiger partial charge is 0.170 e. The molecular formula is C21H28N3OS+. The van der Waals surface area contributed by atoms with Gasteiger partial charge in [-0.15, -0.1) is 0 Å². The van der Waals surface area contributed by atoms with Gasteiger partial charge < -0.3 is 20.3 Å². The van der Waals surface area contributed by atoms with E-state index in [4.69, 9.17) is 17.0 Å². The van der Waals surface area contributed by atoms with Gasteiger partial charge in [0.1, 0.15) is 25.7 Å². The molecule has 0 radical (unpaired) electrons. The summed E-state index contributed by atoms with van der Waals surface area (Å²) in [6.45, 7) is 8.81. The van der Waals surface area contributed by atoms with Crippen LogP contribution < -0.4 is 15.5 Å². The van der Waals surface area contributed by atoms with Gasteiger partial charge in [0.05, 0.1) is 6.61 Å². The molecule has 2 atom stereocenters. The molecule has 26 heavy (non-hydrogen) atoms. The van der Waals surface area contributed by atoms with Crippen molar-refractivity contribution in [2.75, 3.05) is 31.6 Å². The summed E-state index contributed by atoms with van der Waals surface area (Å²) in [7, 11) is 0. The predicted octanol–water partition coefficient (Wildman–Crippen LogP) is 2.07. The summed E-state index contributed by atoms with van der Waals surface area (Å²) in [5.74, 6) is 0. The number of hydrogen-bond donors (Lipinski definition) is 3. The molecule has 1 aliphatic rings. The number of morpholine rings is 1. The summed E-state index contributed by atoms with van der Waals surface area (Å²) in [6, 6.07) is 17.0. The van der Waals surface area contributed by atoms with Crippen molar-refractivity contribution in [2.24, 2.45) is 0 Å². The van der Waals surface area contributed by atoms with Gasteiger partial charge in [-0.25, -0.2) is 0 Å². The number of quaternary nitrogens is 1. The predicted molar refractivity (Wildman–Crippen MR) is 111 cm³/mol. The lowest BCUT2D eigenvalue weighted by Gasteiger charge is -2.30. The Balaban J connectivity index is 1.45. The molecule has 3 rings (SSSR count). The molecule has 0 aliphatic carbocycles. The SMILES string of the molecule is Cc1cc(C)cc(NC(=S)NC[C@H]2C[NH+](Cc3ccccc3)CCO2)c1. The Kier molecular flexibility index (Phi) is 6.61. The van der Waals surface area contributed by atoms with Crippen LogP contribution in [0.15, 0.2) is 48.5 Å². The number of anilines is 1. The Morgan fingerprint density at radius 3 is 2.62 bits per heavy atom. The van der Waals surface area contributed by atoms with Crippen molar-refractivity contribution < 1.29 is 9.64 Å². The van der Waals surface area contributed by atoms with Gasteiger partial charge in [-0.2, -0.15) is 0 Å². The largest absolute Gasteiger partial charge is 0.365 e. The van der Waals surface area contributed by atoms with Crippen LogP contribution in [0.1, 0.15) is 16.7 Å². The van der Waals surface area contributed by atoms with Crippen molar-refractivity contribution in [2.45, 2.75) is 26.5 Å². The van der Waals surface area contributed by atoms with Gasteiger partial charge in [0.25, 0.3) is 0 Å².